The van der Waals surface area contributed by atoms with Gasteiger partial charge >= 0.3 is 0 Å². The maximum atomic E-state index is 13.9. The van der Waals surface area contributed by atoms with Gasteiger partial charge in [-0.2, -0.15) is 10.5 Å². The molecule has 0 atom stereocenters. The van der Waals surface area contributed by atoms with Gasteiger partial charge in [-0.05, 0) is 36.4 Å². The molecular formula is C17H7ClFN3O. The Hall–Kier alpha value is -3.15. The van der Waals surface area contributed by atoms with Gasteiger partial charge in [-0.15, -0.1) is 0 Å². The lowest BCUT2D eigenvalue weighted by molar-refractivity contribution is 0.429. The van der Waals surface area contributed by atoms with Crippen molar-refractivity contribution in [1.82, 2.24) is 4.98 Å². The number of aromatic nitrogens is 1. The van der Waals surface area contributed by atoms with Gasteiger partial charge in [0.25, 0.3) is 0 Å². The van der Waals surface area contributed by atoms with Crippen LogP contribution >= 0.6 is 11.6 Å². The van der Waals surface area contributed by atoms with Crippen molar-refractivity contribution in [3.05, 3.63) is 64.4 Å². The second-order valence-electron chi connectivity index (χ2n) is 4.64. The van der Waals surface area contributed by atoms with Crippen molar-refractivity contribution in [3.63, 3.8) is 0 Å². The Morgan fingerprint density at radius 3 is 2.57 bits per heavy atom. The molecular weight excluding hydrogens is 317 g/mol. The van der Waals surface area contributed by atoms with Gasteiger partial charge in [0.15, 0.2) is 11.6 Å². The predicted octanol–water partition coefficient (Wildman–Crippen LogP) is 4.56. The molecule has 110 valence electrons. The molecule has 0 amide bonds. The average Bonchev–Trinajstić information content (AvgIpc) is 2.56. The van der Waals surface area contributed by atoms with Gasteiger partial charge in [-0.25, -0.2) is 9.37 Å². The van der Waals surface area contributed by atoms with Crippen LogP contribution in [0.5, 0.6) is 11.6 Å². The maximum Gasteiger partial charge on any atom is 0.221 e. The highest BCUT2D eigenvalue weighted by Crippen LogP contribution is 2.28. The molecule has 2 aromatic carbocycles. The van der Waals surface area contributed by atoms with Gasteiger partial charge < -0.3 is 4.74 Å². The Kier molecular flexibility index (Phi) is 3.80. The van der Waals surface area contributed by atoms with Gasteiger partial charge in [0.1, 0.15) is 6.07 Å². The molecule has 3 rings (SSSR count). The maximum absolute atomic E-state index is 13.9. The van der Waals surface area contributed by atoms with Crippen LogP contribution in [0.4, 0.5) is 4.39 Å². The van der Waals surface area contributed by atoms with Crippen molar-refractivity contribution in [2.45, 2.75) is 0 Å². The molecule has 1 aromatic heterocycles. The smallest absolute Gasteiger partial charge is 0.221 e. The highest BCUT2D eigenvalue weighted by atomic mass is 35.5. The lowest BCUT2D eigenvalue weighted by Crippen LogP contribution is -1.94. The molecule has 0 fully saturated rings. The largest absolute Gasteiger partial charge is 0.436 e. The van der Waals surface area contributed by atoms with Crippen molar-refractivity contribution in [3.8, 4) is 23.8 Å². The van der Waals surface area contributed by atoms with Gasteiger partial charge in [0, 0.05) is 16.5 Å². The normalized spacial score (nSPS) is 10.1. The molecule has 0 saturated heterocycles. The quantitative estimate of drug-likeness (QED) is 0.693. The second kappa shape index (κ2) is 5.92. The van der Waals surface area contributed by atoms with E-state index >= 15 is 0 Å². The number of benzene rings is 2. The lowest BCUT2D eigenvalue weighted by atomic mass is 10.1. The summed E-state index contributed by atoms with van der Waals surface area (Å²) in [5.41, 5.74) is 1.02. The van der Waals surface area contributed by atoms with Crippen molar-refractivity contribution < 1.29 is 9.13 Å². The number of rotatable bonds is 2. The van der Waals surface area contributed by atoms with E-state index in [0.29, 0.717) is 21.5 Å². The summed E-state index contributed by atoms with van der Waals surface area (Å²) in [6.07, 6.45) is 0. The molecule has 0 aliphatic rings. The second-order valence-corrected chi connectivity index (χ2v) is 5.08. The summed E-state index contributed by atoms with van der Waals surface area (Å²) in [6, 6.07) is 14.1. The summed E-state index contributed by atoms with van der Waals surface area (Å²) in [5.74, 6) is -0.672. The molecule has 4 nitrogen and oxygen atoms in total. The fourth-order valence-corrected chi connectivity index (χ4v) is 2.26. The summed E-state index contributed by atoms with van der Waals surface area (Å²) < 4.78 is 19.3. The fraction of sp³-hybridized carbons (Fsp3) is 0. The number of nitrogens with zero attached hydrogens (tertiary/aromatic N) is 3. The van der Waals surface area contributed by atoms with Gasteiger partial charge in [-0.3, -0.25) is 0 Å². The summed E-state index contributed by atoms with van der Waals surface area (Å²) in [6.45, 7) is 0. The van der Waals surface area contributed by atoms with Gasteiger partial charge in [0.2, 0.25) is 5.88 Å². The van der Waals surface area contributed by atoms with Crippen LogP contribution in [0.3, 0.4) is 0 Å². The molecule has 3 aromatic rings. The average molecular weight is 324 g/mol. The van der Waals surface area contributed by atoms with Crippen LogP contribution in [0, 0.1) is 28.5 Å². The molecule has 0 radical (unpaired) electrons. The molecule has 0 aliphatic heterocycles. The topological polar surface area (TPSA) is 69.7 Å². The first-order valence-electron chi connectivity index (χ1n) is 6.48. The van der Waals surface area contributed by atoms with Crippen molar-refractivity contribution in [2.24, 2.45) is 0 Å². The van der Waals surface area contributed by atoms with Crippen LogP contribution < -0.4 is 4.74 Å². The molecule has 23 heavy (non-hydrogen) atoms. The first kappa shape index (κ1) is 14.8. The molecule has 0 spiro atoms. The summed E-state index contributed by atoms with van der Waals surface area (Å²) in [7, 11) is 0. The van der Waals surface area contributed by atoms with Crippen LogP contribution in [0.15, 0.2) is 42.5 Å². The third-order valence-corrected chi connectivity index (χ3v) is 3.38. The van der Waals surface area contributed by atoms with E-state index in [4.69, 9.17) is 21.6 Å². The zero-order valence-electron chi connectivity index (χ0n) is 11.5. The molecule has 1 heterocycles. The van der Waals surface area contributed by atoms with E-state index in [1.165, 1.54) is 18.2 Å². The Bertz CT molecular complexity index is 1010. The van der Waals surface area contributed by atoms with Gasteiger partial charge in [-0.1, -0.05) is 11.6 Å². The number of ether oxygens (including phenoxy) is 1. The van der Waals surface area contributed by atoms with E-state index in [1.54, 1.807) is 18.2 Å². The van der Waals surface area contributed by atoms with Crippen molar-refractivity contribution in [1.29, 1.82) is 10.5 Å². The molecule has 6 heteroatoms. The molecule has 0 bridgehead atoms. The molecule has 0 unspecified atom stereocenters. The Morgan fingerprint density at radius 2 is 1.87 bits per heavy atom. The zero-order valence-corrected chi connectivity index (χ0v) is 12.3. The minimum Gasteiger partial charge on any atom is -0.436 e. The van der Waals surface area contributed by atoms with E-state index < -0.39 is 5.82 Å². The number of nitriles is 2. The predicted molar refractivity (Wildman–Crippen MR) is 82.7 cm³/mol. The number of hydrogen-bond acceptors (Lipinski definition) is 4. The minimum absolute atomic E-state index is 0.0753. The summed E-state index contributed by atoms with van der Waals surface area (Å²) in [5, 5.41) is 19.1. The van der Waals surface area contributed by atoms with Crippen LogP contribution in [0.2, 0.25) is 5.02 Å². The van der Waals surface area contributed by atoms with E-state index in [0.717, 1.165) is 6.07 Å². The van der Waals surface area contributed by atoms with Crippen molar-refractivity contribution in [2.75, 3.05) is 0 Å². The lowest BCUT2D eigenvalue weighted by Gasteiger charge is -2.08. The van der Waals surface area contributed by atoms with Crippen molar-refractivity contribution >= 4 is 22.5 Å². The monoisotopic (exact) mass is 323 g/mol. The molecule has 0 aliphatic carbocycles. The van der Waals surface area contributed by atoms with Crippen LogP contribution in [0.25, 0.3) is 10.9 Å². The van der Waals surface area contributed by atoms with Gasteiger partial charge in [0.05, 0.1) is 22.7 Å². The minimum atomic E-state index is -0.680. The first-order valence-corrected chi connectivity index (χ1v) is 6.86. The Balaban J connectivity index is 2.06. The summed E-state index contributed by atoms with van der Waals surface area (Å²) >= 11 is 5.92. The number of hydrogen-bond donors (Lipinski definition) is 0. The van der Waals surface area contributed by atoms with Crippen LogP contribution in [-0.2, 0) is 0 Å². The zero-order chi connectivity index (χ0) is 16.4. The third-order valence-electron chi connectivity index (χ3n) is 3.14. The van der Waals surface area contributed by atoms with Crippen LogP contribution in [0.1, 0.15) is 11.1 Å². The molecule has 0 N–H and O–H groups in total. The fourth-order valence-electron chi connectivity index (χ4n) is 2.08. The van der Waals surface area contributed by atoms with Crippen LogP contribution in [-0.4, -0.2) is 4.98 Å². The highest BCUT2D eigenvalue weighted by Gasteiger charge is 2.11. The highest BCUT2D eigenvalue weighted by molar-refractivity contribution is 6.31. The SMILES string of the molecule is N#Cc1ccc(Oc2cc(C#N)c3cc(Cl)ccc3n2)c(F)c1. The number of fused-ring (bicyclic) bond motifs is 1. The Morgan fingerprint density at radius 1 is 1.04 bits per heavy atom. The van der Waals surface area contributed by atoms with E-state index in [2.05, 4.69) is 4.98 Å². The Labute approximate surface area is 135 Å². The summed E-state index contributed by atoms with van der Waals surface area (Å²) in [4.78, 5) is 4.24. The first-order chi connectivity index (χ1) is 11.1. The van der Waals surface area contributed by atoms with E-state index in [9.17, 15) is 9.65 Å². The standard InChI is InChI=1S/C17H7ClFN3O/c18-12-2-3-15-13(7-12)11(9-21)6-17(22-15)23-16-4-1-10(8-20)5-14(16)19/h1-7H. The number of halogens is 2. The van der Waals surface area contributed by atoms with E-state index in [-0.39, 0.29) is 17.2 Å². The molecule has 0 saturated carbocycles. The number of pyridine rings is 1. The van der Waals surface area contributed by atoms with E-state index in [1.807, 2.05) is 12.1 Å². The third kappa shape index (κ3) is 2.91.